The van der Waals surface area contributed by atoms with Crippen LogP contribution in [-0.2, 0) is 0 Å². The molecule has 0 spiro atoms. The molecular weight excluding hydrogens is 290 g/mol. The summed E-state index contributed by atoms with van der Waals surface area (Å²) in [6.07, 6.45) is 0.263. The van der Waals surface area contributed by atoms with Gasteiger partial charge in [0, 0.05) is 24.3 Å². The van der Waals surface area contributed by atoms with Crippen molar-refractivity contribution in [2.75, 3.05) is 24.6 Å². The van der Waals surface area contributed by atoms with Crippen LogP contribution in [0.1, 0.15) is 22.8 Å². The fourth-order valence-electron chi connectivity index (χ4n) is 2.42. The van der Waals surface area contributed by atoms with E-state index in [2.05, 4.69) is 4.90 Å². The van der Waals surface area contributed by atoms with E-state index in [1.807, 2.05) is 62.4 Å². The van der Waals surface area contributed by atoms with Crippen LogP contribution in [0.5, 0.6) is 5.75 Å². The van der Waals surface area contributed by atoms with Gasteiger partial charge in [-0.3, -0.25) is 4.79 Å². The molecule has 4 nitrogen and oxygen atoms in total. The number of benzene rings is 2. The highest BCUT2D eigenvalue weighted by atomic mass is 16.5. The molecule has 0 bridgehead atoms. The molecule has 0 amide bonds. The quantitative estimate of drug-likeness (QED) is 0.761. The number of carbonyl (C=O) groups excluding carboxylic acids is 1. The molecule has 23 heavy (non-hydrogen) atoms. The molecule has 0 aliphatic carbocycles. The first-order valence-corrected chi connectivity index (χ1v) is 7.80. The third-order valence-corrected chi connectivity index (χ3v) is 3.74. The van der Waals surface area contributed by atoms with Crippen LogP contribution in [0.4, 0.5) is 5.69 Å². The molecule has 0 heterocycles. The summed E-state index contributed by atoms with van der Waals surface area (Å²) < 4.78 is 5.59. The lowest BCUT2D eigenvalue weighted by atomic mass is 10.1. The molecule has 0 saturated carbocycles. The van der Waals surface area contributed by atoms with Crippen molar-refractivity contribution in [2.45, 2.75) is 20.0 Å². The zero-order valence-electron chi connectivity index (χ0n) is 13.6. The predicted octanol–water partition coefficient (Wildman–Crippen LogP) is 3.07. The smallest absolute Gasteiger partial charge is 0.150 e. The first kappa shape index (κ1) is 17.0. The third-order valence-electron chi connectivity index (χ3n) is 3.74. The minimum atomic E-state index is -0.596. The summed E-state index contributed by atoms with van der Waals surface area (Å²) in [5, 5.41) is 10.2. The SMILES string of the molecule is CCN(CC(O)COc1ccccc1)c1ccc(C=O)c(C)c1. The molecule has 2 aromatic carbocycles. The normalized spacial score (nSPS) is 11.8. The lowest BCUT2D eigenvalue weighted by Gasteiger charge is -2.26. The Kier molecular flexibility index (Phi) is 6.18. The van der Waals surface area contributed by atoms with Crippen molar-refractivity contribution < 1.29 is 14.6 Å². The minimum Gasteiger partial charge on any atom is -0.491 e. The topological polar surface area (TPSA) is 49.8 Å². The maximum Gasteiger partial charge on any atom is 0.150 e. The van der Waals surface area contributed by atoms with Gasteiger partial charge in [-0.2, -0.15) is 0 Å². The Morgan fingerprint density at radius 3 is 2.57 bits per heavy atom. The molecule has 0 aliphatic rings. The molecule has 4 heteroatoms. The number of nitrogens with zero attached hydrogens (tertiary/aromatic N) is 1. The molecule has 0 saturated heterocycles. The van der Waals surface area contributed by atoms with Crippen molar-refractivity contribution in [1.82, 2.24) is 0 Å². The summed E-state index contributed by atoms with van der Waals surface area (Å²) in [5.74, 6) is 0.751. The van der Waals surface area contributed by atoms with Gasteiger partial charge in [-0.15, -0.1) is 0 Å². The van der Waals surface area contributed by atoms with Gasteiger partial charge in [-0.1, -0.05) is 18.2 Å². The van der Waals surface area contributed by atoms with Crippen molar-refractivity contribution in [2.24, 2.45) is 0 Å². The summed E-state index contributed by atoms with van der Waals surface area (Å²) in [7, 11) is 0. The molecule has 0 fully saturated rings. The molecule has 1 N–H and O–H groups in total. The third kappa shape index (κ3) is 4.83. The molecular formula is C19H23NO3. The number of hydrogen-bond donors (Lipinski definition) is 1. The largest absolute Gasteiger partial charge is 0.491 e. The second-order valence-corrected chi connectivity index (χ2v) is 5.48. The van der Waals surface area contributed by atoms with Gasteiger partial charge in [0.05, 0.1) is 0 Å². The second-order valence-electron chi connectivity index (χ2n) is 5.48. The fourth-order valence-corrected chi connectivity index (χ4v) is 2.42. The highest BCUT2D eigenvalue weighted by Gasteiger charge is 2.13. The number of ether oxygens (including phenoxy) is 1. The Hall–Kier alpha value is -2.33. The Morgan fingerprint density at radius 2 is 1.96 bits per heavy atom. The zero-order valence-corrected chi connectivity index (χ0v) is 13.6. The van der Waals surface area contributed by atoms with Crippen molar-refractivity contribution >= 4 is 12.0 Å². The number of anilines is 1. The average Bonchev–Trinajstić information content (AvgIpc) is 2.58. The molecule has 0 aliphatic heterocycles. The lowest BCUT2D eigenvalue weighted by molar-refractivity contribution is 0.111. The van der Waals surface area contributed by atoms with E-state index in [4.69, 9.17) is 4.74 Å². The van der Waals surface area contributed by atoms with Gasteiger partial charge in [-0.25, -0.2) is 0 Å². The molecule has 122 valence electrons. The lowest BCUT2D eigenvalue weighted by Crippen LogP contribution is -2.35. The van der Waals surface area contributed by atoms with Crippen LogP contribution in [0.15, 0.2) is 48.5 Å². The Balaban J connectivity index is 1.95. The van der Waals surface area contributed by atoms with Gasteiger partial charge in [0.2, 0.25) is 0 Å². The van der Waals surface area contributed by atoms with Crippen LogP contribution in [0.2, 0.25) is 0 Å². The van der Waals surface area contributed by atoms with Gasteiger partial charge in [0.1, 0.15) is 24.7 Å². The number of likely N-dealkylation sites (N-methyl/N-ethyl adjacent to an activating group) is 1. The van der Waals surface area contributed by atoms with Gasteiger partial charge < -0.3 is 14.7 Å². The van der Waals surface area contributed by atoms with E-state index in [1.54, 1.807) is 0 Å². The van der Waals surface area contributed by atoms with Crippen molar-refractivity contribution in [3.05, 3.63) is 59.7 Å². The highest BCUT2D eigenvalue weighted by Crippen LogP contribution is 2.19. The zero-order chi connectivity index (χ0) is 16.7. The Labute approximate surface area is 137 Å². The Bertz CT molecular complexity index is 628. The molecule has 1 atom stereocenters. The molecule has 1 unspecified atom stereocenters. The average molecular weight is 313 g/mol. The molecule has 2 aromatic rings. The summed E-state index contributed by atoms with van der Waals surface area (Å²) in [6.45, 7) is 5.43. The van der Waals surface area contributed by atoms with Gasteiger partial charge in [-0.05, 0) is 49.7 Å². The highest BCUT2D eigenvalue weighted by molar-refractivity contribution is 5.78. The van der Waals surface area contributed by atoms with Crippen molar-refractivity contribution in [1.29, 1.82) is 0 Å². The van der Waals surface area contributed by atoms with Crippen molar-refractivity contribution in [3.8, 4) is 5.75 Å². The van der Waals surface area contributed by atoms with Crippen LogP contribution in [0.3, 0.4) is 0 Å². The fraction of sp³-hybridized carbons (Fsp3) is 0.316. The van der Waals surface area contributed by atoms with Crippen LogP contribution in [0.25, 0.3) is 0 Å². The number of aliphatic hydroxyl groups is 1. The predicted molar refractivity (Wildman–Crippen MR) is 92.4 cm³/mol. The number of aryl methyl sites for hydroxylation is 1. The standard InChI is InChI=1S/C19H23NO3/c1-3-20(17-10-9-16(13-21)15(2)11-17)12-18(22)14-23-19-7-5-4-6-8-19/h4-11,13,18,22H,3,12,14H2,1-2H3. The number of carbonyl (C=O) groups is 1. The van der Waals surface area contributed by atoms with Gasteiger partial charge in [0.15, 0.2) is 0 Å². The van der Waals surface area contributed by atoms with E-state index in [-0.39, 0.29) is 6.61 Å². The van der Waals surface area contributed by atoms with E-state index in [0.29, 0.717) is 12.1 Å². The van der Waals surface area contributed by atoms with E-state index < -0.39 is 6.10 Å². The van der Waals surface area contributed by atoms with Gasteiger partial charge >= 0.3 is 0 Å². The Morgan fingerprint density at radius 1 is 1.22 bits per heavy atom. The maximum atomic E-state index is 10.9. The monoisotopic (exact) mass is 313 g/mol. The molecule has 2 rings (SSSR count). The first-order chi connectivity index (χ1) is 11.1. The number of rotatable bonds is 8. The summed E-state index contributed by atoms with van der Waals surface area (Å²) in [4.78, 5) is 13.0. The van der Waals surface area contributed by atoms with Crippen LogP contribution < -0.4 is 9.64 Å². The second kappa shape index (κ2) is 8.34. The number of aliphatic hydroxyl groups excluding tert-OH is 1. The van der Waals surface area contributed by atoms with Gasteiger partial charge in [0.25, 0.3) is 0 Å². The molecule has 0 radical (unpaired) electrons. The number of aldehydes is 1. The molecule has 0 aromatic heterocycles. The summed E-state index contributed by atoms with van der Waals surface area (Å²) in [5.41, 5.74) is 2.62. The van der Waals surface area contributed by atoms with Crippen LogP contribution in [0, 0.1) is 6.92 Å². The van der Waals surface area contributed by atoms with E-state index >= 15 is 0 Å². The van der Waals surface area contributed by atoms with E-state index in [1.165, 1.54) is 0 Å². The summed E-state index contributed by atoms with van der Waals surface area (Å²) >= 11 is 0. The number of hydrogen-bond acceptors (Lipinski definition) is 4. The van der Waals surface area contributed by atoms with Crippen LogP contribution in [-0.4, -0.2) is 37.2 Å². The van der Waals surface area contributed by atoms with Crippen molar-refractivity contribution in [3.63, 3.8) is 0 Å². The summed E-state index contributed by atoms with van der Waals surface area (Å²) in [6, 6.07) is 15.1. The minimum absolute atomic E-state index is 0.242. The maximum absolute atomic E-state index is 10.9. The van der Waals surface area contributed by atoms with Crippen LogP contribution >= 0.6 is 0 Å². The number of para-hydroxylation sites is 1. The van der Waals surface area contributed by atoms with E-state index in [9.17, 15) is 9.90 Å². The van der Waals surface area contributed by atoms with E-state index in [0.717, 1.165) is 29.8 Å². The first-order valence-electron chi connectivity index (χ1n) is 7.80.